The molecule has 1 aromatic heterocycles. The summed E-state index contributed by atoms with van der Waals surface area (Å²) >= 11 is 9.42. The monoisotopic (exact) mass is 343 g/mol. The first kappa shape index (κ1) is 13.3. The number of hydrogen-bond acceptors (Lipinski definition) is 1. The number of hydrogen-bond donors (Lipinski definition) is 0. The van der Waals surface area contributed by atoms with Crippen molar-refractivity contribution in [1.29, 1.82) is 0 Å². The molecule has 3 rings (SSSR count). The Morgan fingerprint density at radius 1 is 0.900 bits per heavy atom. The van der Waals surface area contributed by atoms with Crippen molar-refractivity contribution in [3.63, 3.8) is 0 Å². The van der Waals surface area contributed by atoms with Crippen molar-refractivity contribution in [2.45, 2.75) is 0 Å². The van der Waals surface area contributed by atoms with Crippen LogP contribution in [0.4, 0.5) is 0 Å². The van der Waals surface area contributed by atoms with Crippen LogP contribution < -0.4 is 0 Å². The summed E-state index contributed by atoms with van der Waals surface area (Å²) in [7, 11) is 0. The Balaban J connectivity index is 1.92. The van der Waals surface area contributed by atoms with Crippen LogP contribution in [0.2, 0.25) is 5.02 Å². The molecular formula is C17H11BrClN. The van der Waals surface area contributed by atoms with E-state index in [1.807, 2.05) is 48.6 Å². The van der Waals surface area contributed by atoms with Crippen molar-refractivity contribution >= 4 is 50.6 Å². The summed E-state index contributed by atoms with van der Waals surface area (Å²) in [6.07, 6.45) is 4.05. The Bertz CT molecular complexity index is 779. The van der Waals surface area contributed by atoms with Gasteiger partial charge in [0.25, 0.3) is 0 Å². The van der Waals surface area contributed by atoms with Crippen LogP contribution in [0, 0.1) is 0 Å². The van der Waals surface area contributed by atoms with Crippen LogP contribution in [0.15, 0.2) is 59.1 Å². The zero-order valence-electron chi connectivity index (χ0n) is 10.6. The predicted octanol–water partition coefficient (Wildman–Crippen LogP) is 5.82. The molecule has 98 valence electrons. The molecule has 0 fully saturated rings. The van der Waals surface area contributed by atoms with E-state index in [-0.39, 0.29) is 0 Å². The molecule has 0 spiro atoms. The highest BCUT2D eigenvalue weighted by Gasteiger charge is 1.97. The first-order valence-electron chi connectivity index (χ1n) is 6.21. The van der Waals surface area contributed by atoms with E-state index < -0.39 is 0 Å². The predicted molar refractivity (Wildman–Crippen MR) is 89.8 cm³/mol. The van der Waals surface area contributed by atoms with Crippen molar-refractivity contribution in [3.05, 3.63) is 75.4 Å². The standard InChI is InChI=1S/C17H11BrClN/c18-14-6-1-12(2-7-14)3-9-16-10-5-13-4-8-15(19)11-17(13)20-16/h1-11H/b9-3+. The van der Waals surface area contributed by atoms with E-state index >= 15 is 0 Å². The average molecular weight is 345 g/mol. The number of pyridine rings is 1. The van der Waals surface area contributed by atoms with Crippen molar-refractivity contribution in [1.82, 2.24) is 4.98 Å². The number of fused-ring (bicyclic) bond motifs is 1. The van der Waals surface area contributed by atoms with Crippen molar-refractivity contribution in [2.75, 3.05) is 0 Å². The normalized spacial score (nSPS) is 11.3. The van der Waals surface area contributed by atoms with E-state index in [0.29, 0.717) is 5.02 Å². The van der Waals surface area contributed by atoms with Crippen LogP contribution >= 0.6 is 27.5 Å². The zero-order valence-corrected chi connectivity index (χ0v) is 12.9. The third-order valence-electron chi connectivity index (χ3n) is 2.99. The van der Waals surface area contributed by atoms with Gasteiger partial charge in [0.05, 0.1) is 11.2 Å². The molecule has 0 radical (unpaired) electrons. The molecular weight excluding hydrogens is 334 g/mol. The fourth-order valence-corrected chi connectivity index (χ4v) is 2.39. The zero-order chi connectivity index (χ0) is 13.9. The molecule has 0 unspecified atom stereocenters. The van der Waals surface area contributed by atoms with Gasteiger partial charge in [-0.15, -0.1) is 0 Å². The summed E-state index contributed by atoms with van der Waals surface area (Å²) in [5.41, 5.74) is 2.97. The molecule has 0 bridgehead atoms. The van der Waals surface area contributed by atoms with Gasteiger partial charge in [-0.3, -0.25) is 0 Å². The van der Waals surface area contributed by atoms with Crippen LogP contribution in [0.1, 0.15) is 11.3 Å². The van der Waals surface area contributed by atoms with Gasteiger partial charge in [0.2, 0.25) is 0 Å². The lowest BCUT2D eigenvalue weighted by atomic mass is 10.1. The van der Waals surface area contributed by atoms with E-state index in [0.717, 1.165) is 26.6 Å². The molecule has 0 saturated carbocycles. The van der Waals surface area contributed by atoms with Crippen molar-refractivity contribution in [3.8, 4) is 0 Å². The Hall–Kier alpha value is -1.64. The van der Waals surface area contributed by atoms with E-state index in [9.17, 15) is 0 Å². The summed E-state index contributed by atoms with van der Waals surface area (Å²) < 4.78 is 1.08. The number of nitrogens with zero attached hydrogens (tertiary/aromatic N) is 1. The van der Waals surface area contributed by atoms with Crippen LogP contribution in [-0.4, -0.2) is 4.98 Å². The third kappa shape index (κ3) is 3.09. The second kappa shape index (κ2) is 5.78. The van der Waals surface area contributed by atoms with Gasteiger partial charge in [-0.05, 0) is 42.0 Å². The highest BCUT2D eigenvalue weighted by Crippen LogP contribution is 2.19. The molecule has 1 heterocycles. The van der Waals surface area contributed by atoms with Crippen LogP contribution in [0.3, 0.4) is 0 Å². The molecule has 2 aromatic carbocycles. The quantitative estimate of drug-likeness (QED) is 0.570. The minimum Gasteiger partial charge on any atom is -0.248 e. The fourth-order valence-electron chi connectivity index (χ4n) is 1.95. The lowest BCUT2D eigenvalue weighted by Gasteiger charge is -2.00. The van der Waals surface area contributed by atoms with Crippen molar-refractivity contribution in [2.24, 2.45) is 0 Å². The maximum Gasteiger partial charge on any atom is 0.0724 e. The summed E-state index contributed by atoms with van der Waals surface area (Å²) in [4.78, 5) is 4.59. The number of aromatic nitrogens is 1. The molecule has 0 saturated heterocycles. The lowest BCUT2D eigenvalue weighted by Crippen LogP contribution is -1.83. The van der Waals surface area contributed by atoms with E-state index in [1.165, 1.54) is 0 Å². The Kier molecular flexibility index (Phi) is 3.86. The molecule has 0 aliphatic carbocycles. The van der Waals surface area contributed by atoms with Crippen LogP contribution in [0.25, 0.3) is 23.1 Å². The summed E-state index contributed by atoms with van der Waals surface area (Å²) in [6, 6.07) is 18.0. The van der Waals surface area contributed by atoms with Gasteiger partial charge < -0.3 is 0 Å². The van der Waals surface area contributed by atoms with Gasteiger partial charge in [0.1, 0.15) is 0 Å². The van der Waals surface area contributed by atoms with E-state index in [4.69, 9.17) is 11.6 Å². The summed E-state index contributed by atoms with van der Waals surface area (Å²) in [5.74, 6) is 0. The maximum atomic E-state index is 6.00. The smallest absolute Gasteiger partial charge is 0.0724 e. The number of halogens is 2. The molecule has 0 atom stereocenters. The van der Waals surface area contributed by atoms with Gasteiger partial charge >= 0.3 is 0 Å². The molecule has 3 aromatic rings. The van der Waals surface area contributed by atoms with Crippen LogP contribution in [-0.2, 0) is 0 Å². The van der Waals surface area contributed by atoms with Crippen molar-refractivity contribution < 1.29 is 0 Å². The Morgan fingerprint density at radius 3 is 2.45 bits per heavy atom. The molecule has 20 heavy (non-hydrogen) atoms. The minimum atomic E-state index is 0.707. The first-order chi connectivity index (χ1) is 9.70. The minimum absolute atomic E-state index is 0.707. The Morgan fingerprint density at radius 2 is 1.65 bits per heavy atom. The Labute approximate surface area is 131 Å². The molecule has 0 N–H and O–H groups in total. The SMILES string of the molecule is Clc1ccc2ccc(/C=C/c3ccc(Br)cc3)nc2c1. The van der Waals surface area contributed by atoms with Gasteiger partial charge in [-0.1, -0.05) is 57.9 Å². The third-order valence-corrected chi connectivity index (χ3v) is 3.76. The van der Waals surface area contributed by atoms with E-state index in [2.05, 4.69) is 39.1 Å². The van der Waals surface area contributed by atoms with Gasteiger partial charge in [-0.25, -0.2) is 4.98 Å². The van der Waals surface area contributed by atoms with E-state index in [1.54, 1.807) is 0 Å². The van der Waals surface area contributed by atoms with Gasteiger partial charge in [-0.2, -0.15) is 0 Å². The first-order valence-corrected chi connectivity index (χ1v) is 7.38. The topological polar surface area (TPSA) is 12.9 Å². The molecule has 1 nitrogen and oxygen atoms in total. The highest BCUT2D eigenvalue weighted by molar-refractivity contribution is 9.10. The lowest BCUT2D eigenvalue weighted by molar-refractivity contribution is 1.37. The maximum absolute atomic E-state index is 6.00. The highest BCUT2D eigenvalue weighted by atomic mass is 79.9. The van der Waals surface area contributed by atoms with Crippen LogP contribution in [0.5, 0.6) is 0 Å². The number of benzene rings is 2. The summed E-state index contributed by atoms with van der Waals surface area (Å²) in [5, 5.41) is 1.80. The average Bonchev–Trinajstić information content (AvgIpc) is 2.46. The molecule has 0 amide bonds. The molecule has 3 heteroatoms. The molecule has 0 aliphatic rings. The number of rotatable bonds is 2. The molecule has 0 aliphatic heterocycles. The van der Waals surface area contributed by atoms with Gasteiger partial charge in [0.15, 0.2) is 0 Å². The second-order valence-electron chi connectivity index (χ2n) is 4.46. The summed E-state index contributed by atoms with van der Waals surface area (Å²) in [6.45, 7) is 0. The second-order valence-corrected chi connectivity index (χ2v) is 5.81. The van der Waals surface area contributed by atoms with Gasteiger partial charge in [0, 0.05) is 14.9 Å². The fraction of sp³-hybridized carbons (Fsp3) is 0. The largest absolute Gasteiger partial charge is 0.248 e.